The molecule has 0 spiro atoms. The van der Waals surface area contributed by atoms with E-state index in [1.807, 2.05) is 18.2 Å². The summed E-state index contributed by atoms with van der Waals surface area (Å²) in [6, 6.07) is 7.31. The Hall–Kier alpha value is -1.90. The van der Waals surface area contributed by atoms with Crippen LogP contribution in [0.3, 0.4) is 0 Å². The molecular weight excluding hydrogens is 178 g/mol. The predicted octanol–water partition coefficient (Wildman–Crippen LogP) is 1.51. The zero-order valence-corrected chi connectivity index (χ0v) is 7.86. The summed E-state index contributed by atoms with van der Waals surface area (Å²) in [5.74, 6) is 0. The smallest absolute Gasteiger partial charge is 0.150 e. The van der Waals surface area contributed by atoms with E-state index in [0.29, 0.717) is 18.1 Å². The van der Waals surface area contributed by atoms with E-state index in [-0.39, 0.29) is 0 Å². The normalized spacial score (nSPS) is 10.8. The van der Waals surface area contributed by atoms with E-state index in [4.69, 9.17) is 0 Å². The molecule has 0 saturated heterocycles. The van der Waals surface area contributed by atoms with Gasteiger partial charge in [0.2, 0.25) is 0 Å². The Morgan fingerprint density at radius 3 is 2.57 bits per heavy atom. The Morgan fingerprint density at radius 1 is 1.29 bits per heavy atom. The maximum absolute atomic E-state index is 10.7. The molecule has 14 heavy (non-hydrogen) atoms. The van der Waals surface area contributed by atoms with Crippen molar-refractivity contribution in [3.63, 3.8) is 0 Å². The van der Waals surface area contributed by atoms with Crippen molar-refractivity contribution in [3.05, 3.63) is 35.9 Å². The van der Waals surface area contributed by atoms with Gasteiger partial charge in [-0.15, -0.1) is 0 Å². The summed E-state index contributed by atoms with van der Waals surface area (Å²) >= 11 is 0. The lowest BCUT2D eigenvalue weighted by Crippen LogP contribution is -1.95. The molecule has 1 aromatic carbocycles. The maximum Gasteiger partial charge on any atom is 0.150 e. The molecule has 0 aliphatic rings. The number of benzene rings is 1. The third kappa shape index (κ3) is 2.07. The zero-order valence-electron chi connectivity index (χ0n) is 7.86. The van der Waals surface area contributed by atoms with E-state index in [0.717, 1.165) is 11.3 Å². The fraction of sp³-hybridized carbons (Fsp3) is 0.0909. The summed E-state index contributed by atoms with van der Waals surface area (Å²) in [6.45, 7) is 0. The molecule has 0 heterocycles. The average molecular weight is 189 g/mol. The molecule has 3 heteroatoms. The molecule has 0 saturated carbocycles. The van der Waals surface area contributed by atoms with Gasteiger partial charge in [0.25, 0.3) is 0 Å². The first-order chi connectivity index (χ1) is 6.83. The molecule has 0 atom stereocenters. The fourth-order valence-corrected chi connectivity index (χ4v) is 1.22. The zero-order chi connectivity index (χ0) is 10.4. The van der Waals surface area contributed by atoms with Gasteiger partial charge in [-0.25, -0.2) is 0 Å². The van der Waals surface area contributed by atoms with Crippen LogP contribution in [0.25, 0.3) is 5.57 Å². The maximum atomic E-state index is 10.7. The molecule has 0 aliphatic carbocycles. The summed E-state index contributed by atoms with van der Waals surface area (Å²) < 4.78 is 0. The van der Waals surface area contributed by atoms with Crippen LogP contribution in [0.2, 0.25) is 0 Å². The van der Waals surface area contributed by atoms with Crippen molar-refractivity contribution < 1.29 is 9.59 Å². The van der Waals surface area contributed by atoms with Crippen LogP contribution in [0.5, 0.6) is 0 Å². The van der Waals surface area contributed by atoms with Gasteiger partial charge < -0.3 is 5.32 Å². The third-order valence-electron chi connectivity index (χ3n) is 1.88. The number of nitrogens with one attached hydrogen (secondary N) is 1. The number of anilines is 1. The lowest BCUT2D eigenvalue weighted by molar-refractivity contribution is -0.105. The van der Waals surface area contributed by atoms with Crippen LogP contribution in [0.1, 0.15) is 5.56 Å². The van der Waals surface area contributed by atoms with E-state index in [1.54, 1.807) is 13.1 Å². The van der Waals surface area contributed by atoms with Crippen molar-refractivity contribution in [2.75, 3.05) is 12.4 Å². The second kappa shape index (κ2) is 4.97. The highest BCUT2D eigenvalue weighted by atomic mass is 16.1. The van der Waals surface area contributed by atoms with Crippen LogP contribution < -0.4 is 5.32 Å². The van der Waals surface area contributed by atoms with Crippen LogP contribution in [-0.4, -0.2) is 19.6 Å². The lowest BCUT2D eigenvalue weighted by Gasteiger charge is -2.06. The molecule has 3 nitrogen and oxygen atoms in total. The Balaban J connectivity index is 3.21. The van der Waals surface area contributed by atoms with Crippen molar-refractivity contribution >= 4 is 23.8 Å². The first kappa shape index (κ1) is 10.2. The van der Waals surface area contributed by atoms with Gasteiger partial charge in [-0.3, -0.25) is 9.59 Å². The van der Waals surface area contributed by atoms with Crippen molar-refractivity contribution in [1.29, 1.82) is 0 Å². The van der Waals surface area contributed by atoms with Gasteiger partial charge in [-0.05, 0) is 12.1 Å². The minimum absolute atomic E-state index is 0.380. The molecule has 0 bridgehead atoms. The topological polar surface area (TPSA) is 46.2 Å². The number of rotatable bonds is 4. The Morgan fingerprint density at radius 2 is 2.00 bits per heavy atom. The van der Waals surface area contributed by atoms with Gasteiger partial charge in [0.15, 0.2) is 6.29 Å². The molecule has 0 unspecified atom stereocenters. The molecule has 72 valence electrons. The van der Waals surface area contributed by atoms with Crippen LogP contribution in [-0.2, 0) is 9.59 Å². The summed E-state index contributed by atoms with van der Waals surface area (Å²) in [7, 11) is 1.77. The van der Waals surface area contributed by atoms with Gasteiger partial charge in [0.1, 0.15) is 6.29 Å². The highest BCUT2D eigenvalue weighted by Gasteiger charge is 2.04. The van der Waals surface area contributed by atoms with E-state index >= 15 is 0 Å². The minimum atomic E-state index is 0.380. The molecule has 0 amide bonds. The number of allylic oxidation sites excluding steroid dienone is 2. The molecule has 0 aromatic heterocycles. The number of hydrogen-bond acceptors (Lipinski definition) is 3. The van der Waals surface area contributed by atoms with Gasteiger partial charge in [0, 0.05) is 23.9 Å². The Labute approximate surface area is 82.4 Å². The van der Waals surface area contributed by atoms with Crippen LogP contribution >= 0.6 is 0 Å². The van der Waals surface area contributed by atoms with E-state index < -0.39 is 0 Å². The SMILES string of the molecule is CNc1ccccc1/C(C=O)=C/C=O. The summed E-state index contributed by atoms with van der Waals surface area (Å²) in [5.41, 5.74) is 1.94. The van der Waals surface area contributed by atoms with Crippen LogP contribution in [0.4, 0.5) is 5.69 Å². The predicted molar refractivity (Wildman–Crippen MR) is 56.1 cm³/mol. The third-order valence-corrected chi connectivity index (χ3v) is 1.88. The molecule has 0 aliphatic heterocycles. The highest BCUT2D eigenvalue weighted by Crippen LogP contribution is 2.21. The summed E-state index contributed by atoms with van der Waals surface area (Å²) in [4.78, 5) is 21.0. The number of aldehydes is 2. The number of carbonyl (C=O) groups is 2. The molecule has 0 radical (unpaired) electrons. The Kier molecular flexibility index (Phi) is 3.61. The number of para-hydroxylation sites is 1. The van der Waals surface area contributed by atoms with Gasteiger partial charge >= 0.3 is 0 Å². The van der Waals surface area contributed by atoms with Gasteiger partial charge in [0.05, 0.1) is 0 Å². The van der Waals surface area contributed by atoms with E-state index in [1.165, 1.54) is 6.08 Å². The summed E-state index contributed by atoms with van der Waals surface area (Å²) in [6.07, 6.45) is 2.53. The molecule has 1 N–H and O–H groups in total. The van der Waals surface area contributed by atoms with Crippen molar-refractivity contribution in [1.82, 2.24) is 0 Å². The minimum Gasteiger partial charge on any atom is -0.388 e. The molecule has 1 rings (SSSR count). The highest BCUT2D eigenvalue weighted by molar-refractivity contribution is 6.12. The van der Waals surface area contributed by atoms with Crippen molar-refractivity contribution in [2.24, 2.45) is 0 Å². The average Bonchev–Trinajstić information content (AvgIpc) is 2.26. The fourth-order valence-electron chi connectivity index (χ4n) is 1.22. The molecular formula is C11H11NO2. The van der Waals surface area contributed by atoms with Crippen molar-refractivity contribution in [3.8, 4) is 0 Å². The number of hydrogen-bond donors (Lipinski definition) is 1. The largest absolute Gasteiger partial charge is 0.388 e. The van der Waals surface area contributed by atoms with Crippen LogP contribution in [0.15, 0.2) is 30.3 Å². The Bertz CT molecular complexity index is 369. The second-order valence-electron chi connectivity index (χ2n) is 2.67. The van der Waals surface area contributed by atoms with Crippen LogP contribution in [0, 0.1) is 0 Å². The molecule has 1 aromatic rings. The molecule has 0 fully saturated rings. The summed E-state index contributed by atoms with van der Waals surface area (Å²) in [5, 5.41) is 2.95. The second-order valence-corrected chi connectivity index (χ2v) is 2.67. The monoisotopic (exact) mass is 189 g/mol. The first-order valence-electron chi connectivity index (χ1n) is 4.21. The van der Waals surface area contributed by atoms with E-state index in [2.05, 4.69) is 5.32 Å². The standard InChI is InChI=1S/C11H11NO2/c1-12-11-5-3-2-4-10(11)9(8-14)6-7-13/h2-8,12H,1H3/b9-6+. The quantitative estimate of drug-likeness (QED) is 0.576. The van der Waals surface area contributed by atoms with Crippen molar-refractivity contribution in [2.45, 2.75) is 0 Å². The lowest BCUT2D eigenvalue weighted by atomic mass is 10.0. The van der Waals surface area contributed by atoms with Gasteiger partial charge in [-0.1, -0.05) is 18.2 Å². The number of carbonyl (C=O) groups excluding carboxylic acids is 2. The first-order valence-corrected chi connectivity index (χ1v) is 4.21. The van der Waals surface area contributed by atoms with Gasteiger partial charge in [-0.2, -0.15) is 0 Å². The van der Waals surface area contributed by atoms with E-state index in [9.17, 15) is 9.59 Å².